The fraction of sp³-hybridized carbons (Fsp3) is 0.227. The van der Waals surface area contributed by atoms with Crippen molar-refractivity contribution in [1.82, 2.24) is 0 Å². The number of para-hydroxylation sites is 1. The zero-order valence-corrected chi connectivity index (χ0v) is 15.4. The van der Waals surface area contributed by atoms with E-state index in [0.717, 1.165) is 16.8 Å². The zero-order chi connectivity index (χ0) is 19.2. The Morgan fingerprint density at radius 3 is 2.56 bits per heavy atom. The molecule has 4 rings (SSSR count). The molecule has 0 aromatic heterocycles. The quantitative estimate of drug-likeness (QED) is 0.785. The molecule has 2 heterocycles. The Balaban J connectivity index is 2.01. The van der Waals surface area contributed by atoms with Gasteiger partial charge >= 0.3 is 0 Å². The summed E-state index contributed by atoms with van der Waals surface area (Å²) in [4.78, 5) is 14.7. The first-order chi connectivity index (χ1) is 13.0. The standard InChI is InChI=1S/C22H16ClN3O/c1-14(27)21-20(16-6-4-7-17(23)11-16)22(12-24,13-25)19-10-9-15-5-2-3-8-18(15)26(19)21/h2-11,19-21H,1H3. The van der Waals surface area contributed by atoms with E-state index in [-0.39, 0.29) is 5.78 Å². The summed E-state index contributed by atoms with van der Waals surface area (Å²) < 4.78 is 0. The number of rotatable bonds is 2. The molecule has 0 radical (unpaired) electrons. The van der Waals surface area contributed by atoms with Crippen molar-refractivity contribution < 1.29 is 4.79 Å². The van der Waals surface area contributed by atoms with Gasteiger partial charge in [-0.25, -0.2) is 0 Å². The molecule has 0 spiro atoms. The van der Waals surface area contributed by atoms with Crippen LogP contribution in [0.15, 0.2) is 54.6 Å². The number of nitrogens with zero attached hydrogens (tertiary/aromatic N) is 3. The van der Waals surface area contributed by atoms with Crippen LogP contribution in [0.3, 0.4) is 0 Å². The smallest absolute Gasteiger partial charge is 0.176 e. The van der Waals surface area contributed by atoms with Crippen molar-refractivity contribution in [2.24, 2.45) is 5.41 Å². The van der Waals surface area contributed by atoms with Gasteiger partial charge in [0.25, 0.3) is 0 Å². The topological polar surface area (TPSA) is 67.9 Å². The largest absolute Gasteiger partial charge is 0.351 e. The number of nitriles is 2. The molecule has 0 saturated carbocycles. The summed E-state index contributed by atoms with van der Waals surface area (Å²) in [5.74, 6) is -0.688. The van der Waals surface area contributed by atoms with Crippen LogP contribution in [0, 0.1) is 28.1 Å². The number of carbonyl (C=O) groups excluding carboxylic acids is 1. The molecule has 0 amide bonds. The Hall–Kier alpha value is -3.08. The van der Waals surface area contributed by atoms with Crippen molar-refractivity contribution in [3.8, 4) is 12.1 Å². The number of halogens is 1. The van der Waals surface area contributed by atoms with Crippen molar-refractivity contribution in [1.29, 1.82) is 10.5 Å². The molecular formula is C22H16ClN3O. The molecule has 1 fully saturated rings. The number of hydrogen-bond acceptors (Lipinski definition) is 4. The maximum Gasteiger partial charge on any atom is 0.176 e. The lowest BCUT2D eigenvalue weighted by Gasteiger charge is -2.35. The highest BCUT2D eigenvalue weighted by molar-refractivity contribution is 6.30. The Bertz CT molecular complexity index is 1030. The Morgan fingerprint density at radius 2 is 1.89 bits per heavy atom. The second kappa shape index (κ2) is 6.27. The maximum atomic E-state index is 12.8. The summed E-state index contributed by atoms with van der Waals surface area (Å²) in [5.41, 5.74) is 1.16. The van der Waals surface area contributed by atoms with E-state index in [1.165, 1.54) is 6.92 Å². The molecule has 0 N–H and O–H groups in total. The first-order valence-electron chi connectivity index (χ1n) is 8.67. The van der Waals surface area contributed by atoms with Crippen molar-refractivity contribution in [2.75, 3.05) is 4.90 Å². The van der Waals surface area contributed by atoms with Crippen LogP contribution in [0.4, 0.5) is 5.69 Å². The number of benzene rings is 2. The second-order valence-corrected chi connectivity index (χ2v) is 7.39. The monoisotopic (exact) mass is 373 g/mol. The summed E-state index contributed by atoms with van der Waals surface area (Å²) in [7, 11) is 0. The van der Waals surface area contributed by atoms with E-state index in [1.54, 1.807) is 18.2 Å². The van der Waals surface area contributed by atoms with E-state index in [2.05, 4.69) is 12.1 Å². The number of anilines is 1. The van der Waals surface area contributed by atoms with Crippen molar-refractivity contribution in [3.63, 3.8) is 0 Å². The lowest BCUT2D eigenvalue weighted by molar-refractivity contribution is -0.118. The first-order valence-corrected chi connectivity index (χ1v) is 9.05. The van der Waals surface area contributed by atoms with Gasteiger partial charge in [0.15, 0.2) is 11.2 Å². The van der Waals surface area contributed by atoms with Crippen LogP contribution in [-0.2, 0) is 4.79 Å². The van der Waals surface area contributed by atoms with E-state index < -0.39 is 23.4 Å². The van der Waals surface area contributed by atoms with E-state index >= 15 is 0 Å². The normalized spacial score (nSPS) is 24.4. The predicted octanol–water partition coefficient (Wildman–Crippen LogP) is 4.33. The van der Waals surface area contributed by atoms with E-state index in [0.29, 0.717) is 5.02 Å². The van der Waals surface area contributed by atoms with Crippen LogP contribution in [0.5, 0.6) is 0 Å². The van der Waals surface area contributed by atoms with Gasteiger partial charge < -0.3 is 4.90 Å². The van der Waals surface area contributed by atoms with Crippen molar-refractivity contribution >= 4 is 29.1 Å². The predicted molar refractivity (Wildman–Crippen MR) is 104 cm³/mol. The van der Waals surface area contributed by atoms with Crippen molar-refractivity contribution in [2.45, 2.75) is 24.9 Å². The average molecular weight is 374 g/mol. The third-order valence-corrected chi connectivity index (χ3v) is 5.77. The lowest BCUT2D eigenvalue weighted by atomic mass is 9.69. The minimum Gasteiger partial charge on any atom is -0.351 e. The Labute approximate surface area is 162 Å². The van der Waals surface area contributed by atoms with Crippen LogP contribution in [-0.4, -0.2) is 17.9 Å². The minimum absolute atomic E-state index is 0.0811. The highest BCUT2D eigenvalue weighted by Crippen LogP contribution is 2.55. The van der Waals surface area contributed by atoms with Crippen LogP contribution >= 0.6 is 11.6 Å². The van der Waals surface area contributed by atoms with Gasteiger partial charge in [0.05, 0.1) is 24.2 Å². The Kier molecular flexibility index (Phi) is 4.02. The SMILES string of the molecule is CC(=O)C1C(c2cccc(Cl)c2)C(C#N)(C#N)C2C=Cc3ccccc3N12. The first kappa shape index (κ1) is 17.3. The molecule has 3 unspecified atom stereocenters. The molecule has 2 aliphatic rings. The van der Waals surface area contributed by atoms with Gasteiger partial charge in [0.1, 0.15) is 0 Å². The van der Waals surface area contributed by atoms with Crippen LogP contribution in [0.25, 0.3) is 6.08 Å². The second-order valence-electron chi connectivity index (χ2n) is 6.95. The summed E-state index contributed by atoms with van der Waals surface area (Å²) in [6.07, 6.45) is 3.80. The molecule has 1 saturated heterocycles. The number of Topliss-reactive ketones (excluding diaryl/α,β-unsaturated/α-hetero) is 1. The summed E-state index contributed by atoms with van der Waals surface area (Å²) >= 11 is 6.19. The molecule has 5 heteroatoms. The van der Waals surface area contributed by atoms with Gasteiger partial charge in [-0.3, -0.25) is 4.79 Å². The molecule has 132 valence electrons. The van der Waals surface area contributed by atoms with Crippen LogP contribution < -0.4 is 4.90 Å². The molecule has 27 heavy (non-hydrogen) atoms. The number of fused-ring (bicyclic) bond motifs is 3. The van der Waals surface area contributed by atoms with Gasteiger partial charge in [-0.15, -0.1) is 0 Å². The summed E-state index contributed by atoms with van der Waals surface area (Å²) in [6, 6.07) is 18.2. The van der Waals surface area contributed by atoms with Gasteiger partial charge in [0.2, 0.25) is 0 Å². The van der Waals surface area contributed by atoms with E-state index in [9.17, 15) is 15.3 Å². The highest BCUT2D eigenvalue weighted by atomic mass is 35.5. The average Bonchev–Trinajstić information content (AvgIpc) is 2.99. The fourth-order valence-corrected chi connectivity index (χ4v) is 4.66. The van der Waals surface area contributed by atoms with Crippen LogP contribution in [0.1, 0.15) is 24.0 Å². The highest BCUT2D eigenvalue weighted by Gasteiger charge is 2.62. The Morgan fingerprint density at radius 1 is 1.15 bits per heavy atom. The summed E-state index contributed by atoms with van der Waals surface area (Å²) in [6.45, 7) is 1.52. The van der Waals surface area contributed by atoms with Gasteiger partial charge in [0, 0.05) is 16.6 Å². The van der Waals surface area contributed by atoms with Gasteiger partial charge in [-0.05, 0) is 36.2 Å². The number of carbonyl (C=O) groups is 1. The molecule has 0 aliphatic carbocycles. The van der Waals surface area contributed by atoms with Crippen LogP contribution in [0.2, 0.25) is 5.02 Å². The molecular weight excluding hydrogens is 358 g/mol. The molecule has 4 nitrogen and oxygen atoms in total. The van der Waals surface area contributed by atoms with E-state index in [4.69, 9.17) is 11.6 Å². The lowest BCUT2D eigenvalue weighted by Crippen LogP contribution is -2.43. The summed E-state index contributed by atoms with van der Waals surface area (Å²) in [5, 5.41) is 20.8. The molecule has 0 bridgehead atoms. The van der Waals surface area contributed by atoms with E-state index in [1.807, 2.05) is 47.4 Å². The fourth-order valence-electron chi connectivity index (χ4n) is 4.46. The van der Waals surface area contributed by atoms with Gasteiger partial charge in [-0.2, -0.15) is 10.5 Å². The minimum atomic E-state index is -1.40. The third kappa shape index (κ3) is 2.38. The molecule has 2 aromatic rings. The number of hydrogen-bond donors (Lipinski definition) is 0. The molecule has 3 atom stereocenters. The van der Waals surface area contributed by atoms with Crippen molar-refractivity contribution in [3.05, 3.63) is 70.8 Å². The maximum absolute atomic E-state index is 12.8. The third-order valence-electron chi connectivity index (χ3n) is 5.54. The zero-order valence-electron chi connectivity index (χ0n) is 14.6. The molecule has 2 aromatic carbocycles. The van der Waals surface area contributed by atoms with Gasteiger partial charge in [-0.1, -0.05) is 54.1 Å². The molecule has 2 aliphatic heterocycles. The number of ketones is 1.